The van der Waals surface area contributed by atoms with Gasteiger partial charge in [0.2, 0.25) is 5.91 Å². The fourth-order valence-electron chi connectivity index (χ4n) is 1.79. The zero-order chi connectivity index (χ0) is 12.3. The molecule has 0 aromatic carbocycles. The first kappa shape index (κ1) is 12.0. The third-order valence-electron chi connectivity index (χ3n) is 2.68. The van der Waals surface area contributed by atoms with Gasteiger partial charge in [0.15, 0.2) is 15.7 Å². The predicted octanol–water partition coefficient (Wildman–Crippen LogP) is -1.22. The van der Waals surface area contributed by atoms with Crippen molar-refractivity contribution < 1.29 is 13.2 Å². The Hall–Kier alpha value is -1.51. The molecule has 2 heterocycles. The van der Waals surface area contributed by atoms with Crippen LogP contribution in [-0.4, -0.2) is 46.0 Å². The second kappa shape index (κ2) is 4.78. The largest absolute Gasteiger partial charge is 0.348 e. The van der Waals surface area contributed by atoms with Gasteiger partial charge in [-0.1, -0.05) is 11.6 Å². The number of aromatic amines is 1. The molecule has 1 unspecified atom stereocenters. The molecule has 2 rings (SSSR count). The number of rotatable bonds is 3. The Labute approximate surface area is 98.1 Å². The maximum Gasteiger partial charge on any atom is 0.238 e. The van der Waals surface area contributed by atoms with Crippen LogP contribution in [0.3, 0.4) is 0 Å². The second-order valence-electron chi connectivity index (χ2n) is 3.90. The van der Waals surface area contributed by atoms with Crippen LogP contribution in [0.25, 0.3) is 0 Å². The molecule has 1 fully saturated rings. The number of sulfone groups is 1. The van der Waals surface area contributed by atoms with Gasteiger partial charge >= 0.3 is 0 Å². The first-order chi connectivity index (χ1) is 8.09. The summed E-state index contributed by atoms with van der Waals surface area (Å²) in [5.74, 6) is -0.0612. The summed E-state index contributed by atoms with van der Waals surface area (Å²) in [5.41, 5.74) is 0. The molecule has 2 N–H and O–H groups in total. The monoisotopic (exact) mass is 259 g/mol. The number of aromatic nitrogens is 4. The van der Waals surface area contributed by atoms with E-state index in [0.29, 0.717) is 18.7 Å². The van der Waals surface area contributed by atoms with Crippen LogP contribution in [0.15, 0.2) is 0 Å². The lowest BCUT2D eigenvalue weighted by atomic mass is 10.2. The molecular weight excluding hydrogens is 246 g/mol. The van der Waals surface area contributed by atoms with Crippen LogP contribution in [0, 0.1) is 0 Å². The minimum absolute atomic E-state index is 0.0847. The van der Waals surface area contributed by atoms with Gasteiger partial charge in [-0.25, -0.2) is 8.42 Å². The lowest BCUT2D eigenvalue weighted by Crippen LogP contribution is -2.42. The van der Waals surface area contributed by atoms with Gasteiger partial charge in [-0.2, -0.15) is 5.21 Å². The lowest BCUT2D eigenvalue weighted by molar-refractivity contribution is -0.121. The second-order valence-corrected chi connectivity index (χ2v) is 6.20. The minimum atomic E-state index is -3.29. The van der Waals surface area contributed by atoms with E-state index in [1.54, 1.807) is 0 Å². The number of H-pyrrole nitrogens is 1. The minimum Gasteiger partial charge on any atom is -0.348 e. The van der Waals surface area contributed by atoms with Crippen LogP contribution in [-0.2, 0) is 21.2 Å². The predicted molar refractivity (Wildman–Crippen MR) is 57.5 cm³/mol. The first-order valence-corrected chi connectivity index (χ1v) is 7.03. The topological polar surface area (TPSA) is 118 Å². The molecule has 9 heteroatoms. The number of hydrogen-bond donors (Lipinski definition) is 2. The van der Waals surface area contributed by atoms with Gasteiger partial charge in [0.05, 0.1) is 12.3 Å². The van der Waals surface area contributed by atoms with Crippen LogP contribution in [0.4, 0.5) is 0 Å². The normalized spacial score (nSPS) is 23.2. The summed E-state index contributed by atoms with van der Waals surface area (Å²) >= 11 is 0. The zero-order valence-corrected chi connectivity index (χ0v) is 9.90. The molecule has 1 atom stereocenters. The van der Waals surface area contributed by atoms with E-state index in [1.807, 2.05) is 0 Å². The first-order valence-electron chi connectivity index (χ1n) is 5.31. The molecule has 8 nitrogen and oxygen atoms in total. The number of nitrogens with zero attached hydrogens (tertiary/aromatic N) is 3. The molecule has 0 spiro atoms. The standard InChI is InChI=1S/C8H13N5O3S/c14-8(9-5-7-10-12-13-11-7)6-3-1-2-4-17(6,15)16/h6H,1-5H2,(H,9,14)(H,10,11,12,13). The average molecular weight is 259 g/mol. The molecule has 1 aromatic heterocycles. The van der Waals surface area contributed by atoms with Crippen LogP contribution >= 0.6 is 0 Å². The van der Waals surface area contributed by atoms with Crippen LogP contribution in [0.2, 0.25) is 0 Å². The molecular formula is C8H13N5O3S. The molecule has 0 bridgehead atoms. The molecule has 0 saturated carbocycles. The van der Waals surface area contributed by atoms with Gasteiger partial charge in [-0.15, -0.1) is 10.2 Å². The third kappa shape index (κ3) is 2.78. The Morgan fingerprint density at radius 3 is 2.94 bits per heavy atom. The number of nitrogens with one attached hydrogen (secondary N) is 2. The van der Waals surface area contributed by atoms with Crippen LogP contribution in [0.5, 0.6) is 0 Å². The summed E-state index contributed by atoms with van der Waals surface area (Å²) in [6, 6.07) is 0. The Bertz CT molecular complexity index is 483. The number of amides is 1. The molecule has 1 amide bonds. The van der Waals surface area contributed by atoms with E-state index in [0.717, 1.165) is 6.42 Å². The van der Waals surface area contributed by atoms with Crippen molar-refractivity contribution in [1.29, 1.82) is 0 Å². The lowest BCUT2D eigenvalue weighted by Gasteiger charge is -2.20. The zero-order valence-electron chi connectivity index (χ0n) is 9.09. The molecule has 0 radical (unpaired) electrons. The van der Waals surface area contributed by atoms with Crippen molar-refractivity contribution in [3.8, 4) is 0 Å². The summed E-state index contributed by atoms with van der Waals surface area (Å²) < 4.78 is 23.3. The van der Waals surface area contributed by atoms with Crippen molar-refractivity contribution >= 4 is 15.7 Å². The Morgan fingerprint density at radius 2 is 2.29 bits per heavy atom. The van der Waals surface area contributed by atoms with Crippen molar-refractivity contribution in [2.75, 3.05) is 5.75 Å². The van der Waals surface area contributed by atoms with E-state index in [2.05, 4.69) is 25.9 Å². The van der Waals surface area contributed by atoms with E-state index >= 15 is 0 Å². The highest BCUT2D eigenvalue weighted by molar-refractivity contribution is 7.92. The molecule has 0 aliphatic carbocycles. The van der Waals surface area contributed by atoms with Gasteiger partial charge in [0.1, 0.15) is 5.25 Å². The highest BCUT2D eigenvalue weighted by Crippen LogP contribution is 2.19. The van der Waals surface area contributed by atoms with Crippen LogP contribution < -0.4 is 5.32 Å². The highest BCUT2D eigenvalue weighted by Gasteiger charge is 2.34. The van der Waals surface area contributed by atoms with Gasteiger partial charge in [-0.05, 0) is 12.8 Å². The van der Waals surface area contributed by atoms with Gasteiger partial charge < -0.3 is 5.32 Å². The number of carbonyl (C=O) groups excluding carboxylic acids is 1. The molecule has 1 aliphatic rings. The van der Waals surface area contributed by atoms with E-state index in [-0.39, 0.29) is 12.3 Å². The molecule has 17 heavy (non-hydrogen) atoms. The Balaban J connectivity index is 1.95. The number of carbonyl (C=O) groups is 1. The summed E-state index contributed by atoms with van der Waals surface area (Å²) in [6.07, 6.45) is 1.79. The van der Waals surface area contributed by atoms with Crippen LogP contribution in [0.1, 0.15) is 25.1 Å². The van der Waals surface area contributed by atoms with Crippen molar-refractivity contribution in [1.82, 2.24) is 25.9 Å². The molecule has 94 valence electrons. The average Bonchev–Trinajstić information content (AvgIpc) is 2.78. The van der Waals surface area contributed by atoms with Crippen molar-refractivity contribution in [2.45, 2.75) is 31.1 Å². The maximum absolute atomic E-state index is 11.7. The van der Waals surface area contributed by atoms with E-state index in [4.69, 9.17) is 0 Å². The van der Waals surface area contributed by atoms with E-state index in [1.165, 1.54) is 0 Å². The smallest absolute Gasteiger partial charge is 0.238 e. The Morgan fingerprint density at radius 1 is 1.47 bits per heavy atom. The molecule has 1 saturated heterocycles. The third-order valence-corrected chi connectivity index (χ3v) is 4.86. The van der Waals surface area contributed by atoms with Crippen molar-refractivity contribution in [3.63, 3.8) is 0 Å². The summed E-state index contributed by atoms with van der Waals surface area (Å²) in [4.78, 5) is 11.7. The fourth-order valence-corrected chi connectivity index (χ4v) is 3.61. The molecule has 1 aliphatic heterocycles. The van der Waals surface area contributed by atoms with Crippen molar-refractivity contribution in [3.05, 3.63) is 5.82 Å². The summed E-state index contributed by atoms with van der Waals surface area (Å²) in [7, 11) is -3.29. The fraction of sp³-hybridized carbons (Fsp3) is 0.750. The van der Waals surface area contributed by atoms with Gasteiger partial charge in [-0.3, -0.25) is 4.79 Å². The quantitative estimate of drug-likeness (QED) is 0.702. The summed E-state index contributed by atoms with van der Waals surface area (Å²) in [5, 5.41) is 14.5. The highest BCUT2D eigenvalue weighted by atomic mass is 32.2. The summed E-state index contributed by atoms with van der Waals surface area (Å²) in [6.45, 7) is 0.0847. The van der Waals surface area contributed by atoms with Gasteiger partial charge in [0.25, 0.3) is 0 Å². The maximum atomic E-state index is 11.7. The van der Waals surface area contributed by atoms with Gasteiger partial charge in [0, 0.05) is 0 Å². The number of tetrazole rings is 1. The Kier molecular flexibility index (Phi) is 3.36. The molecule has 1 aromatic rings. The van der Waals surface area contributed by atoms with Crippen molar-refractivity contribution in [2.24, 2.45) is 0 Å². The van der Waals surface area contributed by atoms with E-state index < -0.39 is 21.0 Å². The SMILES string of the molecule is O=C(NCc1nn[nH]n1)C1CCCCS1(=O)=O. The van der Waals surface area contributed by atoms with E-state index in [9.17, 15) is 13.2 Å². The number of hydrogen-bond acceptors (Lipinski definition) is 6.